The van der Waals surface area contributed by atoms with Gasteiger partial charge < -0.3 is 4.98 Å². The zero-order valence-electron chi connectivity index (χ0n) is 9.13. The molecule has 1 atom stereocenters. The van der Waals surface area contributed by atoms with Crippen molar-refractivity contribution in [3.63, 3.8) is 0 Å². The van der Waals surface area contributed by atoms with Crippen LogP contribution in [-0.2, 0) is 0 Å². The normalized spacial score (nSPS) is 13.1. The molecule has 3 aromatic rings. The molecular weight excluding hydrogens is 282 g/mol. The van der Waals surface area contributed by atoms with E-state index in [0.29, 0.717) is 0 Å². The molecule has 1 aromatic carbocycles. The molecule has 0 saturated heterocycles. The second-order valence-electron chi connectivity index (χ2n) is 3.83. The number of H-pyrrole nitrogens is 1. The Balaban J connectivity index is 2.06. The molecule has 5 nitrogen and oxygen atoms in total. The molecule has 0 aliphatic rings. The van der Waals surface area contributed by atoms with Gasteiger partial charge in [-0.2, -0.15) is 5.10 Å². The molecule has 17 heavy (non-hydrogen) atoms. The van der Waals surface area contributed by atoms with E-state index in [1.165, 1.54) is 6.33 Å². The summed E-state index contributed by atoms with van der Waals surface area (Å²) in [6, 6.07) is 6.02. The van der Waals surface area contributed by atoms with Crippen LogP contribution in [0, 0.1) is 0 Å². The summed E-state index contributed by atoms with van der Waals surface area (Å²) in [5.74, 6) is 0.878. The standard InChI is InChI=1S/C11H10BrN5/c1-7(17-6-13-5-14-17)11-15-9-3-2-8(12)4-10(9)16-11/h2-7H,1H3,(H,15,16). The van der Waals surface area contributed by atoms with Crippen molar-refractivity contribution < 1.29 is 0 Å². The highest BCUT2D eigenvalue weighted by atomic mass is 79.9. The highest BCUT2D eigenvalue weighted by Crippen LogP contribution is 2.21. The number of hydrogen-bond donors (Lipinski definition) is 1. The Morgan fingerprint density at radius 3 is 3.06 bits per heavy atom. The van der Waals surface area contributed by atoms with E-state index in [4.69, 9.17) is 0 Å². The van der Waals surface area contributed by atoms with Crippen molar-refractivity contribution in [1.29, 1.82) is 0 Å². The van der Waals surface area contributed by atoms with E-state index in [-0.39, 0.29) is 6.04 Å². The highest BCUT2D eigenvalue weighted by molar-refractivity contribution is 9.10. The molecule has 1 N–H and O–H groups in total. The molecule has 3 rings (SSSR count). The zero-order chi connectivity index (χ0) is 11.8. The van der Waals surface area contributed by atoms with E-state index in [0.717, 1.165) is 21.3 Å². The molecule has 0 saturated carbocycles. The average Bonchev–Trinajstić information content (AvgIpc) is 2.96. The Morgan fingerprint density at radius 1 is 1.41 bits per heavy atom. The Labute approximate surface area is 106 Å². The second-order valence-corrected chi connectivity index (χ2v) is 4.75. The van der Waals surface area contributed by atoms with Gasteiger partial charge in [-0.25, -0.2) is 14.6 Å². The Bertz CT molecular complexity index is 643. The van der Waals surface area contributed by atoms with E-state index >= 15 is 0 Å². The Hall–Kier alpha value is -1.69. The smallest absolute Gasteiger partial charge is 0.137 e. The number of aromatic amines is 1. The van der Waals surface area contributed by atoms with Crippen LogP contribution >= 0.6 is 15.9 Å². The van der Waals surface area contributed by atoms with Crippen LogP contribution in [0.5, 0.6) is 0 Å². The lowest BCUT2D eigenvalue weighted by Gasteiger charge is -2.06. The highest BCUT2D eigenvalue weighted by Gasteiger charge is 2.12. The summed E-state index contributed by atoms with van der Waals surface area (Å²) in [7, 11) is 0. The fourth-order valence-corrected chi connectivity index (χ4v) is 2.10. The zero-order valence-corrected chi connectivity index (χ0v) is 10.7. The van der Waals surface area contributed by atoms with Crippen molar-refractivity contribution >= 4 is 27.0 Å². The van der Waals surface area contributed by atoms with Gasteiger partial charge >= 0.3 is 0 Å². The van der Waals surface area contributed by atoms with Crippen LogP contribution in [0.15, 0.2) is 35.3 Å². The number of benzene rings is 1. The van der Waals surface area contributed by atoms with Gasteiger partial charge in [0, 0.05) is 4.47 Å². The van der Waals surface area contributed by atoms with Crippen LogP contribution in [0.1, 0.15) is 18.8 Å². The summed E-state index contributed by atoms with van der Waals surface area (Å²) in [4.78, 5) is 11.8. The third-order valence-corrected chi connectivity index (χ3v) is 3.18. The maximum atomic E-state index is 4.54. The predicted molar refractivity (Wildman–Crippen MR) is 67.6 cm³/mol. The summed E-state index contributed by atoms with van der Waals surface area (Å²) < 4.78 is 2.81. The minimum absolute atomic E-state index is 0.0451. The number of fused-ring (bicyclic) bond motifs is 1. The van der Waals surface area contributed by atoms with Gasteiger partial charge in [0.25, 0.3) is 0 Å². The fraction of sp³-hybridized carbons (Fsp3) is 0.182. The number of aromatic nitrogens is 5. The summed E-state index contributed by atoms with van der Waals surface area (Å²) >= 11 is 3.44. The average molecular weight is 292 g/mol. The van der Waals surface area contributed by atoms with Gasteiger partial charge in [0.2, 0.25) is 0 Å². The molecule has 0 aliphatic heterocycles. The largest absolute Gasteiger partial charge is 0.340 e. The van der Waals surface area contributed by atoms with Crippen molar-refractivity contribution in [2.75, 3.05) is 0 Å². The number of hydrogen-bond acceptors (Lipinski definition) is 3. The fourth-order valence-electron chi connectivity index (χ4n) is 1.74. The third kappa shape index (κ3) is 1.84. The molecular formula is C11H10BrN5. The van der Waals surface area contributed by atoms with Gasteiger partial charge in [0.15, 0.2) is 0 Å². The van der Waals surface area contributed by atoms with Gasteiger partial charge in [-0.3, -0.25) is 0 Å². The van der Waals surface area contributed by atoms with Gasteiger partial charge in [-0.15, -0.1) is 0 Å². The summed E-state index contributed by atoms with van der Waals surface area (Å²) in [5, 5.41) is 4.12. The molecule has 6 heteroatoms. The number of nitrogens with zero attached hydrogens (tertiary/aromatic N) is 4. The maximum absolute atomic E-state index is 4.54. The number of rotatable bonds is 2. The van der Waals surface area contributed by atoms with E-state index in [2.05, 4.69) is 36.0 Å². The number of nitrogens with one attached hydrogen (secondary N) is 1. The van der Waals surface area contributed by atoms with Crippen molar-refractivity contribution in [2.24, 2.45) is 0 Å². The third-order valence-electron chi connectivity index (χ3n) is 2.69. The molecule has 2 heterocycles. The first-order valence-corrected chi connectivity index (χ1v) is 6.02. The minimum Gasteiger partial charge on any atom is -0.340 e. The lowest BCUT2D eigenvalue weighted by molar-refractivity contribution is 0.541. The number of halogens is 1. The second kappa shape index (κ2) is 3.96. The van der Waals surface area contributed by atoms with E-state index in [1.807, 2.05) is 25.1 Å². The van der Waals surface area contributed by atoms with Crippen molar-refractivity contribution in [3.8, 4) is 0 Å². The van der Waals surface area contributed by atoms with Gasteiger partial charge in [-0.05, 0) is 25.1 Å². The lowest BCUT2D eigenvalue weighted by Crippen LogP contribution is -2.08. The quantitative estimate of drug-likeness (QED) is 0.789. The topological polar surface area (TPSA) is 59.4 Å². The molecule has 2 aromatic heterocycles. The first-order valence-electron chi connectivity index (χ1n) is 5.23. The molecule has 0 radical (unpaired) electrons. The Morgan fingerprint density at radius 2 is 2.29 bits per heavy atom. The molecule has 0 aliphatic carbocycles. The molecule has 0 amide bonds. The molecule has 0 spiro atoms. The lowest BCUT2D eigenvalue weighted by atomic mass is 10.3. The van der Waals surface area contributed by atoms with E-state index in [9.17, 15) is 0 Å². The summed E-state index contributed by atoms with van der Waals surface area (Å²) in [6.07, 6.45) is 3.21. The molecule has 0 fully saturated rings. The summed E-state index contributed by atoms with van der Waals surface area (Å²) in [6.45, 7) is 2.03. The van der Waals surface area contributed by atoms with Crippen molar-refractivity contribution in [2.45, 2.75) is 13.0 Å². The maximum Gasteiger partial charge on any atom is 0.137 e. The van der Waals surface area contributed by atoms with Crippen LogP contribution in [0.2, 0.25) is 0 Å². The molecule has 0 bridgehead atoms. The van der Waals surface area contributed by atoms with Crippen LogP contribution in [0.4, 0.5) is 0 Å². The van der Waals surface area contributed by atoms with Crippen LogP contribution < -0.4 is 0 Å². The minimum atomic E-state index is 0.0451. The van der Waals surface area contributed by atoms with Crippen LogP contribution in [0.25, 0.3) is 11.0 Å². The van der Waals surface area contributed by atoms with Crippen molar-refractivity contribution in [1.82, 2.24) is 24.7 Å². The van der Waals surface area contributed by atoms with Crippen LogP contribution in [-0.4, -0.2) is 24.7 Å². The van der Waals surface area contributed by atoms with Crippen LogP contribution in [0.3, 0.4) is 0 Å². The predicted octanol–water partition coefficient (Wildman–Crippen LogP) is 2.53. The van der Waals surface area contributed by atoms with Gasteiger partial charge in [-0.1, -0.05) is 15.9 Å². The molecule has 1 unspecified atom stereocenters. The summed E-state index contributed by atoms with van der Waals surface area (Å²) in [5.41, 5.74) is 1.97. The first kappa shape index (κ1) is 10.5. The van der Waals surface area contributed by atoms with E-state index in [1.54, 1.807) is 11.0 Å². The first-order chi connectivity index (χ1) is 8.24. The molecule has 86 valence electrons. The van der Waals surface area contributed by atoms with Crippen molar-refractivity contribution in [3.05, 3.63) is 41.2 Å². The van der Waals surface area contributed by atoms with Gasteiger partial charge in [0.05, 0.1) is 11.0 Å². The SMILES string of the molecule is CC(c1nc2ccc(Br)cc2[nH]1)n1cncn1. The Kier molecular flexibility index (Phi) is 2.44. The number of imidazole rings is 1. The van der Waals surface area contributed by atoms with Gasteiger partial charge in [0.1, 0.15) is 24.5 Å². The van der Waals surface area contributed by atoms with E-state index < -0.39 is 0 Å². The monoisotopic (exact) mass is 291 g/mol.